The highest BCUT2D eigenvalue weighted by atomic mass is 16.5. The SMILES string of the molecule is CN=C(NC1CCN(c2cccc(C)n2)CC1)NC1C2CCOC2C12CCCC2. The number of hydrogen-bond acceptors (Lipinski definition) is 4. The fourth-order valence-electron chi connectivity index (χ4n) is 6.37. The fourth-order valence-corrected chi connectivity index (χ4v) is 6.37. The summed E-state index contributed by atoms with van der Waals surface area (Å²) in [5.74, 6) is 2.76. The number of aromatic nitrogens is 1. The topological polar surface area (TPSA) is 61.8 Å². The van der Waals surface area contributed by atoms with Crippen LogP contribution in [0.5, 0.6) is 0 Å². The third kappa shape index (κ3) is 3.39. The first-order valence-electron chi connectivity index (χ1n) is 11.5. The van der Waals surface area contributed by atoms with Gasteiger partial charge in [-0.15, -0.1) is 0 Å². The molecule has 0 radical (unpaired) electrons. The Morgan fingerprint density at radius 2 is 1.97 bits per heavy atom. The number of pyridine rings is 1. The van der Waals surface area contributed by atoms with E-state index in [2.05, 4.69) is 50.6 Å². The normalized spacial score (nSPS) is 31.6. The van der Waals surface area contributed by atoms with Gasteiger partial charge in [-0.2, -0.15) is 0 Å². The summed E-state index contributed by atoms with van der Waals surface area (Å²) >= 11 is 0. The molecule has 6 heteroatoms. The minimum atomic E-state index is 0.360. The predicted octanol–water partition coefficient (Wildman–Crippen LogP) is 2.87. The molecule has 158 valence electrons. The van der Waals surface area contributed by atoms with Crippen molar-refractivity contribution in [2.45, 2.75) is 70.1 Å². The van der Waals surface area contributed by atoms with Crippen LogP contribution in [0.3, 0.4) is 0 Å². The van der Waals surface area contributed by atoms with Crippen LogP contribution in [-0.2, 0) is 4.74 Å². The minimum Gasteiger partial charge on any atom is -0.377 e. The largest absolute Gasteiger partial charge is 0.377 e. The van der Waals surface area contributed by atoms with Crippen LogP contribution in [0.1, 0.15) is 50.6 Å². The van der Waals surface area contributed by atoms with Crippen LogP contribution in [0.25, 0.3) is 0 Å². The zero-order valence-corrected chi connectivity index (χ0v) is 17.9. The van der Waals surface area contributed by atoms with E-state index in [0.717, 1.165) is 50.0 Å². The second kappa shape index (κ2) is 7.78. The zero-order chi connectivity index (χ0) is 19.8. The second-order valence-corrected chi connectivity index (χ2v) is 9.42. The van der Waals surface area contributed by atoms with E-state index < -0.39 is 0 Å². The molecule has 6 nitrogen and oxygen atoms in total. The molecule has 1 spiro atoms. The number of rotatable bonds is 3. The van der Waals surface area contributed by atoms with Crippen LogP contribution in [0.15, 0.2) is 23.2 Å². The highest BCUT2D eigenvalue weighted by Crippen LogP contribution is 2.60. The maximum atomic E-state index is 6.14. The van der Waals surface area contributed by atoms with Crippen molar-refractivity contribution in [3.05, 3.63) is 23.9 Å². The molecule has 0 bridgehead atoms. The molecule has 2 aliphatic carbocycles. The van der Waals surface area contributed by atoms with E-state index in [1.54, 1.807) is 0 Å². The van der Waals surface area contributed by atoms with Gasteiger partial charge in [-0.1, -0.05) is 18.9 Å². The molecule has 2 saturated heterocycles. The van der Waals surface area contributed by atoms with Crippen LogP contribution in [-0.4, -0.2) is 55.9 Å². The van der Waals surface area contributed by atoms with Crippen molar-refractivity contribution in [1.29, 1.82) is 0 Å². The lowest BCUT2D eigenvalue weighted by Gasteiger charge is -2.57. The van der Waals surface area contributed by atoms with Crippen molar-refractivity contribution in [2.75, 3.05) is 31.6 Å². The Kier molecular flexibility index (Phi) is 5.14. The molecule has 2 N–H and O–H groups in total. The first kappa shape index (κ1) is 19.2. The van der Waals surface area contributed by atoms with E-state index in [4.69, 9.17) is 4.74 Å². The average Bonchev–Trinajstić information content (AvgIpc) is 3.40. The number of anilines is 1. The van der Waals surface area contributed by atoms with Crippen molar-refractivity contribution < 1.29 is 4.74 Å². The van der Waals surface area contributed by atoms with Gasteiger partial charge < -0.3 is 20.3 Å². The number of aliphatic imine (C=N–C) groups is 1. The van der Waals surface area contributed by atoms with Crippen molar-refractivity contribution >= 4 is 11.8 Å². The number of piperidine rings is 1. The molecule has 4 aliphatic rings. The molecule has 2 aliphatic heterocycles. The van der Waals surface area contributed by atoms with Crippen molar-refractivity contribution in [2.24, 2.45) is 16.3 Å². The third-order valence-electron chi connectivity index (χ3n) is 7.84. The number of fused-ring (bicyclic) bond motifs is 2. The summed E-state index contributed by atoms with van der Waals surface area (Å²) in [5, 5.41) is 7.56. The first-order chi connectivity index (χ1) is 14.2. The van der Waals surface area contributed by atoms with Gasteiger partial charge in [-0.05, 0) is 51.2 Å². The first-order valence-corrected chi connectivity index (χ1v) is 11.5. The third-order valence-corrected chi connectivity index (χ3v) is 7.84. The van der Waals surface area contributed by atoms with Crippen LogP contribution in [0.4, 0.5) is 5.82 Å². The van der Waals surface area contributed by atoms with Gasteiger partial charge in [0.25, 0.3) is 0 Å². The monoisotopic (exact) mass is 397 g/mol. The number of guanidine groups is 1. The van der Waals surface area contributed by atoms with Gasteiger partial charge in [0.15, 0.2) is 5.96 Å². The molecule has 29 heavy (non-hydrogen) atoms. The maximum absolute atomic E-state index is 6.14. The highest BCUT2D eigenvalue weighted by Gasteiger charge is 2.65. The number of nitrogens with one attached hydrogen (secondary N) is 2. The Bertz CT molecular complexity index is 751. The van der Waals surface area contributed by atoms with Crippen molar-refractivity contribution in [3.63, 3.8) is 0 Å². The summed E-state index contributed by atoms with van der Waals surface area (Å²) in [6.45, 7) is 5.08. The standard InChI is InChI=1S/C23H35N5O/c1-16-6-5-7-19(25-16)28-13-8-17(9-14-28)26-22(24-2)27-20-18-10-15-29-21(18)23(20)11-3-4-12-23/h5-7,17-18,20-21H,3-4,8-15H2,1-2H3,(H2,24,26,27). The molecule has 2 saturated carbocycles. The highest BCUT2D eigenvalue weighted by molar-refractivity contribution is 5.80. The summed E-state index contributed by atoms with van der Waals surface area (Å²) in [7, 11) is 1.91. The lowest BCUT2D eigenvalue weighted by atomic mass is 9.54. The molecule has 3 atom stereocenters. The molecule has 3 heterocycles. The van der Waals surface area contributed by atoms with Crippen LogP contribution in [0, 0.1) is 18.3 Å². The lowest BCUT2D eigenvalue weighted by molar-refractivity contribution is -0.125. The lowest BCUT2D eigenvalue weighted by Crippen LogP contribution is -2.69. The van der Waals surface area contributed by atoms with E-state index in [-0.39, 0.29) is 0 Å². The Hall–Kier alpha value is -1.82. The van der Waals surface area contributed by atoms with Gasteiger partial charge in [0, 0.05) is 55.9 Å². The van der Waals surface area contributed by atoms with Gasteiger partial charge in [0.1, 0.15) is 5.82 Å². The Labute approximate surface area is 174 Å². The average molecular weight is 398 g/mol. The van der Waals surface area contributed by atoms with E-state index in [9.17, 15) is 0 Å². The van der Waals surface area contributed by atoms with Crippen molar-refractivity contribution in [3.8, 4) is 0 Å². The van der Waals surface area contributed by atoms with E-state index in [0.29, 0.717) is 29.5 Å². The van der Waals surface area contributed by atoms with E-state index >= 15 is 0 Å². The van der Waals surface area contributed by atoms with Gasteiger partial charge in [0.05, 0.1) is 6.10 Å². The Morgan fingerprint density at radius 1 is 1.17 bits per heavy atom. The maximum Gasteiger partial charge on any atom is 0.191 e. The second-order valence-electron chi connectivity index (χ2n) is 9.42. The van der Waals surface area contributed by atoms with Gasteiger partial charge in [-0.3, -0.25) is 4.99 Å². The Balaban J connectivity index is 1.17. The summed E-state index contributed by atoms with van der Waals surface area (Å²) in [6, 6.07) is 7.28. The van der Waals surface area contributed by atoms with Gasteiger partial charge in [-0.25, -0.2) is 4.98 Å². The Morgan fingerprint density at radius 3 is 2.69 bits per heavy atom. The van der Waals surface area contributed by atoms with Crippen LogP contribution in [0.2, 0.25) is 0 Å². The minimum absolute atomic E-state index is 0.360. The van der Waals surface area contributed by atoms with Gasteiger partial charge in [0.2, 0.25) is 0 Å². The number of ether oxygens (including phenoxy) is 1. The summed E-state index contributed by atoms with van der Waals surface area (Å²) in [6.07, 6.45) is 9.23. The van der Waals surface area contributed by atoms with E-state index in [1.807, 2.05) is 7.05 Å². The number of hydrogen-bond donors (Lipinski definition) is 2. The number of aryl methyl sites for hydroxylation is 1. The molecule has 3 unspecified atom stereocenters. The summed E-state index contributed by atoms with van der Waals surface area (Å²) in [5.41, 5.74) is 1.45. The molecule has 4 fully saturated rings. The molecule has 0 amide bonds. The smallest absolute Gasteiger partial charge is 0.191 e. The van der Waals surface area contributed by atoms with Crippen molar-refractivity contribution in [1.82, 2.24) is 15.6 Å². The van der Waals surface area contributed by atoms with Gasteiger partial charge >= 0.3 is 0 Å². The fraction of sp³-hybridized carbons (Fsp3) is 0.739. The molecule has 1 aromatic heterocycles. The quantitative estimate of drug-likeness (QED) is 0.607. The molecule has 5 rings (SSSR count). The predicted molar refractivity (Wildman–Crippen MR) is 116 cm³/mol. The summed E-state index contributed by atoms with van der Waals surface area (Å²) in [4.78, 5) is 11.7. The van der Waals surface area contributed by atoms with Crippen LogP contribution >= 0.6 is 0 Å². The molecular weight excluding hydrogens is 362 g/mol. The molecule has 0 aromatic carbocycles. The van der Waals surface area contributed by atoms with E-state index in [1.165, 1.54) is 32.1 Å². The molecular formula is C23H35N5O. The summed E-state index contributed by atoms with van der Waals surface area (Å²) < 4.78 is 6.14. The number of nitrogens with zero attached hydrogens (tertiary/aromatic N) is 3. The van der Waals surface area contributed by atoms with Crippen LogP contribution < -0.4 is 15.5 Å². The molecule has 1 aromatic rings. The zero-order valence-electron chi connectivity index (χ0n) is 17.9.